The average Bonchev–Trinajstić information content (AvgIpc) is 1.90. The van der Waals surface area contributed by atoms with Crippen LogP contribution in [-0.2, 0) is 4.74 Å². The second-order valence-electron chi connectivity index (χ2n) is 1.89. The highest BCUT2D eigenvalue weighted by Gasteiger charge is 2.09. The highest BCUT2D eigenvalue weighted by atomic mass is 16.5. The molecule has 1 aliphatic rings. The zero-order valence-electron chi connectivity index (χ0n) is 5.05. The van der Waals surface area contributed by atoms with Gasteiger partial charge in [0.2, 0.25) is 0 Å². The lowest BCUT2D eigenvalue weighted by atomic mass is 10.3. The minimum atomic E-state index is 0.448. The van der Waals surface area contributed by atoms with Gasteiger partial charge in [0.1, 0.15) is 6.73 Å². The second-order valence-corrected chi connectivity index (χ2v) is 1.89. The Labute approximate surface area is 49.4 Å². The summed E-state index contributed by atoms with van der Waals surface area (Å²) >= 11 is 0. The smallest absolute Gasteiger partial charge is 0.112 e. The van der Waals surface area contributed by atoms with Crippen LogP contribution in [0.15, 0.2) is 0 Å². The summed E-state index contributed by atoms with van der Waals surface area (Å²) in [6.07, 6.45) is 0. The summed E-state index contributed by atoms with van der Waals surface area (Å²) in [6, 6.07) is 0.448. The van der Waals surface area contributed by atoms with Gasteiger partial charge in [0, 0.05) is 12.6 Å². The summed E-state index contributed by atoms with van der Waals surface area (Å²) in [5.74, 6) is 0. The summed E-state index contributed by atoms with van der Waals surface area (Å²) in [5.41, 5.74) is 0. The molecule has 1 radical (unpaired) electrons. The zero-order valence-corrected chi connectivity index (χ0v) is 5.05. The normalized spacial score (nSPS) is 30.4. The Morgan fingerprint density at radius 2 is 2.62 bits per heavy atom. The van der Waals surface area contributed by atoms with Crippen LogP contribution in [0.5, 0.6) is 0 Å². The summed E-state index contributed by atoms with van der Waals surface area (Å²) in [4.78, 5) is 0. The molecule has 0 amide bonds. The van der Waals surface area contributed by atoms with Crippen LogP contribution in [0.25, 0.3) is 0 Å². The molecule has 1 N–H and O–H groups in total. The van der Waals surface area contributed by atoms with Crippen molar-refractivity contribution < 1.29 is 4.74 Å². The van der Waals surface area contributed by atoms with Crippen LogP contribution < -0.4 is 10.6 Å². The number of hydrogen-bond acceptors (Lipinski definition) is 2. The molecule has 0 aromatic heterocycles. The summed E-state index contributed by atoms with van der Waals surface area (Å²) < 4.78 is 5.04. The number of likely N-dealkylation sites (N-methyl/N-ethyl adjacent to an activating group) is 1. The lowest BCUT2D eigenvalue weighted by Crippen LogP contribution is -2.42. The van der Waals surface area contributed by atoms with Gasteiger partial charge in [-0.15, -0.1) is 0 Å². The molecule has 1 unspecified atom stereocenters. The Morgan fingerprint density at radius 3 is 3.00 bits per heavy atom. The standard InChI is InChI=1S/C5H11N2O/c1-6-5-2-7-4-8-3-5/h5-6H,2-4H2,1H3. The van der Waals surface area contributed by atoms with Crippen LogP contribution in [0.1, 0.15) is 0 Å². The van der Waals surface area contributed by atoms with Gasteiger partial charge in [-0.2, -0.15) is 0 Å². The first-order chi connectivity index (χ1) is 3.93. The van der Waals surface area contributed by atoms with Gasteiger partial charge in [-0.1, -0.05) is 0 Å². The second kappa shape index (κ2) is 3.02. The highest BCUT2D eigenvalue weighted by Crippen LogP contribution is 1.89. The van der Waals surface area contributed by atoms with Crippen molar-refractivity contribution >= 4 is 0 Å². The van der Waals surface area contributed by atoms with Crippen LogP contribution in [0.3, 0.4) is 0 Å². The summed E-state index contributed by atoms with van der Waals surface area (Å²) in [6.45, 7) is 2.29. The van der Waals surface area contributed by atoms with E-state index in [0.29, 0.717) is 12.8 Å². The van der Waals surface area contributed by atoms with Gasteiger partial charge in [0.15, 0.2) is 0 Å². The van der Waals surface area contributed by atoms with Crippen molar-refractivity contribution in [2.24, 2.45) is 0 Å². The van der Waals surface area contributed by atoms with Crippen molar-refractivity contribution in [3.63, 3.8) is 0 Å². The number of rotatable bonds is 1. The molecule has 3 heteroatoms. The first-order valence-electron chi connectivity index (χ1n) is 2.81. The van der Waals surface area contributed by atoms with Crippen molar-refractivity contribution in [2.45, 2.75) is 6.04 Å². The quantitative estimate of drug-likeness (QED) is 0.484. The van der Waals surface area contributed by atoms with Crippen molar-refractivity contribution in [1.82, 2.24) is 10.6 Å². The van der Waals surface area contributed by atoms with Gasteiger partial charge in [0.05, 0.1) is 6.61 Å². The van der Waals surface area contributed by atoms with E-state index in [4.69, 9.17) is 4.74 Å². The van der Waals surface area contributed by atoms with Crippen LogP contribution in [0.2, 0.25) is 0 Å². The third-order valence-corrected chi connectivity index (χ3v) is 1.26. The Morgan fingerprint density at radius 1 is 1.75 bits per heavy atom. The first kappa shape index (κ1) is 6.01. The minimum Gasteiger partial charge on any atom is -0.363 e. The molecular weight excluding hydrogens is 104 g/mol. The molecule has 0 aliphatic carbocycles. The van der Waals surface area contributed by atoms with Crippen LogP contribution in [0, 0.1) is 0 Å². The molecular formula is C5H11N2O. The lowest BCUT2D eigenvalue weighted by molar-refractivity contribution is 0.0600. The van der Waals surface area contributed by atoms with E-state index < -0.39 is 0 Å². The predicted molar refractivity (Wildman–Crippen MR) is 30.7 cm³/mol. The van der Waals surface area contributed by atoms with E-state index in [1.165, 1.54) is 0 Å². The Kier molecular flexibility index (Phi) is 2.27. The molecule has 8 heavy (non-hydrogen) atoms. The Bertz CT molecular complexity index is 61.4. The molecule has 1 aliphatic heterocycles. The topological polar surface area (TPSA) is 35.4 Å². The largest absolute Gasteiger partial charge is 0.363 e. The van der Waals surface area contributed by atoms with Crippen LogP contribution >= 0.6 is 0 Å². The van der Waals surface area contributed by atoms with E-state index in [2.05, 4.69) is 10.6 Å². The Balaban J connectivity index is 2.13. The molecule has 47 valence electrons. The summed E-state index contributed by atoms with van der Waals surface area (Å²) in [5, 5.41) is 7.13. The minimum absolute atomic E-state index is 0.448. The molecule has 1 saturated heterocycles. The maximum Gasteiger partial charge on any atom is 0.112 e. The predicted octanol–water partition coefficient (Wildman–Crippen LogP) is -0.833. The van der Waals surface area contributed by atoms with Crippen LogP contribution in [-0.4, -0.2) is 33.0 Å². The number of ether oxygens (including phenoxy) is 1. The Hall–Kier alpha value is -0.120. The molecule has 1 fully saturated rings. The number of nitrogens with zero attached hydrogens (tertiary/aromatic N) is 1. The fourth-order valence-electron chi connectivity index (χ4n) is 0.695. The van der Waals surface area contributed by atoms with Crippen molar-refractivity contribution in [3.8, 4) is 0 Å². The van der Waals surface area contributed by atoms with Crippen molar-refractivity contribution in [2.75, 3.05) is 26.9 Å². The maximum atomic E-state index is 5.04. The number of hydrogen-bond donors (Lipinski definition) is 1. The molecule has 0 saturated carbocycles. The van der Waals surface area contributed by atoms with Gasteiger partial charge in [0.25, 0.3) is 0 Å². The molecule has 0 bridgehead atoms. The zero-order chi connectivity index (χ0) is 5.82. The monoisotopic (exact) mass is 115 g/mol. The van der Waals surface area contributed by atoms with Gasteiger partial charge < -0.3 is 10.1 Å². The highest BCUT2D eigenvalue weighted by molar-refractivity contribution is 4.67. The maximum absolute atomic E-state index is 5.04. The molecule has 0 spiro atoms. The fraction of sp³-hybridized carbons (Fsp3) is 1.00. The molecule has 1 heterocycles. The van der Waals surface area contributed by atoms with E-state index in [9.17, 15) is 0 Å². The third kappa shape index (κ3) is 1.43. The molecule has 1 atom stereocenters. The SMILES string of the molecule is CNC1C[N]COC1. The summed E-state index contributed by atoms with van der Waals surface area (Å²) in [7, 11) is 1.93. The average molecular weight is 115 g/mol. The van der Waals surface area contributed by atoms with E-state index in [1.54, 1.807) is 0 Å². The molecule has 0 aromatic carbocycles. The number of nitrogens with one attached hydrogen (secondary N) is 1. The van der Waals surface area contributed by atoms with E-state index in [-0.39, 0.29) is 0 Å². The van der Waals surface area contributed by atoms with Gasteiger partial charge in [-0.05, 0) is 7.05 Å². The van der Waals surface area contributed by atoms with Crippen molar-refractivity contribution in [1.29, 1.82) is 0 Å². The van der Waals surface area contributed by atoms with E-state index in [0.717, 1.165) is 13.2 Å². The lowest BCUT2D eigenvalue weighted by Gasteiger charge is -2.20. The van der Waals surface area contributed by atoms with Gasteiger partial charge in [-0.25, -0.2) is 5.32 Å². The van der Waals surface area contributed by atoms with Gasteiger partial charge >= 0.3 is 0 Å². The molecule has 1 rings (SSSR count). The van der Waals surface area contributed by atoms with Crippen molar-refractivity contribution in [3.05, 3.63) is 0 Å². The van der Waals surface area contributed by atoms with E-state index in [1.807, 2.05) is 7.05 Å². The van der Waals surface area contributed by atoms with Crippen LogP contribution in [0.4, 0.5) is 0 Å². The fourth-order valence-corrected chi connectivity index (χ4v) is 0.695. The first-order valence-corrected chi connectivity index (χ1v) is 2.81. The molecule has 3 nitrogen and oxygen atoms in total. The van der Waals surface area contributed by atoms with E-state index >= 15 is 0 Å². The third-order valence-electron chi connectivity index (χ3n) is 1.26. The van der Waals surface area contributed by atoms with Gasteiger partial charge in [-0.3, -0.25) is 0 Å². The molecule has 0 aromatic rings.